The summed E-state index contributed by atoms with van der Waals surface area (Å²) in [6.45, 7) is 5.78. The minimum Gasteiger partial charge on any atom is -0.454 e. The van der Waals surface area contributed by atoms with Crippen molar-refractivity contribution in [3.8, 4) is 28.4 Å². The first-order valence-corrected chi connectivity index (χ1v) is 12.1. The molecule has 2 heterocycles. The first-order valence-electron chi connectivity index (χ1n) is 12.1. The molecular weight excluding hydrogens is 468 g/mol. The van der Waals surface area contributed by atoms with Crippen molar-refractivity contribution in [1.29, 1.82) is 0 Å². The van der Waals surface area contributed by atoms with Crippen LogP contribution in [0.5, 0.6) is 11.5 Å². The molecule has 5 rings (SSSR count). The van der Waals surface area contributed by atoms with Gasteiger partial charge in [0.1, 0.15) is 12.4 Å². The molecule has 1 aliphatic rings. The van der Waals surface area contributed by atoms with E-state index in [2.05, 4.69) is 5.32 Å². The lowest BCUT2D eigenvalue weighted by Crippen LogP contribution is -2.42. The van der Waals surface area contributed by atoms with Crippen LogP contribution < -0.4 is 14.8 Å². The van der Waals surface area contributed by atoms with Crippen molar-refractivity contribution in [1.82, 2.24) is 14.7 Å². The van der Waals surface area contributed by atoms with Gasteiger partial charge in [0.15, 0.2) is 11.5 Å². The number of ether oxygens (including phenoxy) is 2. The van der Waals surface area contributed by atoms with Crippen LogP contribution in [0, 0.1) is 6.92 Å². The van der Waals surface area contributed by atoms with Gasteiger partial charge in [0.05, 0.1) is 11.4 Å². The van der Waals surface area contributed by atoms with Gasteiger partial charge >= 0.3 is 0 Å². The molecule has 0 saturated carbocycles. The maximum Gasteiger partial charge on any atom is 0.254 e. The molecule has 0 unspecified atom stereocenters. The summed E-state index contributed by atoms with van der Waals surface area (Å²) in [7, 11) is 0. The fourth-order valence-corrected chi connectivity index (χ4v) is 4.12. The molecular formula is C29H28N4O4. The second-order valence-corrected chi connectivity index (χ2v) is 9.17. The minimum atomic E-state index is -0.323. The van der Waals surface area contributed by atoms with E-state index in [1.807, 2.05) is 81.4 Å². The number of carbonyl (C=O) groups is 2. The second-order valence-electron chi connectivity index (χ2n) is 9.17. The Balaban J connectivity index is 1.40. The summed E-state index contributed by atoms with van der Waals surface area (Å²) in [4.78, 5) is 28.1. The Labute approximate surface area is 215 Å². The maximum absolute atomic E-state index is 13.3. The number of rotatable bonds is 7. The van der Waals surface area contributed by atoms with Gasteiger partial charge in [-0.2, -0.15) is 5.10 Å². The third-order valence-electron chi connectivity index (χ3n) is 6.14. The van der Waals surface area contributed by atoms with Crippen molar-refractivity contribution in [3.05, 3.63) is 90.0 Å². The third kappa shape index (κ3) is 5.18. The number of aromatic nitrogens is 2. The number of anilines is 1. The lowest BCUT2D eigenvalue weighted by molar-refractivity contribution is -0.117. The van der Waals surface area contributed by atoms with Crippen LogP contribution in [-0.4, -0.2) is 45.9 Å². The first kappa shape index (κ1) is 24.1. The van der Waals surface area contributed by atoms with E-state index >= 15 is 0 Å². The van der Waals surface area contributed by atoms with Gasteiger partial charge in [-0.05, 0) is 51.1 Å². The second kappa shape index (κ2) is 10.2. The molecule has 0 atom stereocenters. The number of nitrogens with one attached hydrogen (secondary N) is 1. The van der Waals surface area contributed by atoms with E-state index in [0.29, 0.717) is 22.9 Å². The molecule has 0 aliphatic carbocycles. The van der Waals surface area contributed by atoms with Crippen LogP contribution in [0.15, 0.2) is 78.9 Å². The molecule has 4 aromatic rings. The molecule has 8 nitrogen and oxygen atoms in total. The Hall–Kier alpha value is -4.59. The molecule has 2 amide bonds. The van der Waals surface area contributed by atoms with Gasteiger partial charge < -0.3 is 19.7 Å². The van der Waals surface area contributed by atoms with Gasteiger partial charge in [-0.25, -0.2) is 4.68 Å². The molecule has 0 fully saturated rings. The van der Waals surface area contributed by atoms with Gasteiger partial charge in [0, 0.05) is 23.2 Å². The Bertz CT molecular complexity index is 1430. The predicted molar refractivity (Wildman–Crippen MR) is 141 cm³/mol. The summed E-state index contributed by atoms with van der Waals surface area (Å²) in [5.74, 6) is 1.06. The number of hydrogen-bond donors (Lipinski definition) is 1. The molecule has 0 spiro atoms. The highest BCUT2D eigenvalue weighted by Gasteiger charge is 2.25. The lowest BCUT2D eigenvalue weighted by atomic mass is 10.1. The number of hydrogen-bond acceptors (Lipinski definition) is 5. The highest BCUT2D eigenvalue weighted by molar-refractivity contribution is 6.00. The Morgan fingerprint density at radius 2 is 1.70 bits per heavy atom. The summed E-state index contributed by atoms with van der Waals surface area (Å²) in [6, 6.07) is 24.4. The highest BCUT2D eigenvalue weighted by atomic mass is 16.7. The summed E-state index contributed by atoms with van der Waals surface area (Å²) >= 11 is 0. The van der Waals surface area contributed by atoms with Crippen LogP contribution in [0.3, 0.4) is 0 Å². The number of fused-ring (bicyclic) bond motifs is 1. The Morgan fingerprint density at radius 1 is 0.973 bits per heavy atom. The van der Waals surface area contributed by atoms with Gasteiger partial charge in [0.25, 0.3) is 5.91 Å². The zero-order valence-electron chi connectivity index (χ0n) is 21.0. The van der Waals surface area contributed by atoms with Gasteiger partial charge in [-0.3, -0.25) is 9.59 Å². The Kier molecular flexibility index (Phi) is 6.64. The summed E-state index contributed by atoms with van der Waals surface area (Å²) in [5, 5.41) is 7.73. The van der Waals surface area contributed by atoms with E-state index in [-0.39, 0.29) is 31.2 Å². The lowest BCUT2D eigenvalue weighted by Gasteiger charge is -2.26. The molecule has 0 saturated heterocycles. The van der Waals surface area contributed by atoms with Crippen LogP contribution in [0.2, 0.25) is 0 Å². The summed E-state index contributed by atoms with van der Waals surface area (Å²) in [5.41, 5.74) is 4.04. The number of aryl methyl sites for hydroxylation is 1. The molecule has 1 aliphatic heterocycles. The fourth-order valence-electron chi connectivity index (χ4n) is 4.12. The Morgan fingerprint density at radius 3 is 2.43 bits per heavy atom. The van der Waals surface area contributed by atoms with Crippen molar-refractivity contribution in [3.63, 3.8) is 0 Å². The smallest absolute Gasteiger partial charge is 0.254 e. The van der Waals surface area contributed by atoms with Crippen molar-refractivity contribution >= 4 is 17.6 Å². The molecule has 37 heavy (non-hydrogen) atoms. The van der Waals surface area contributed by atoms with E-state index in [1.165, 1.54) is 4.90 Å². The highest BCUT2D eigenvalue weighted by Crippen LogP contribution is 2.33. The molecule has 8 heteroatoms. The van der Waals surface area contributed by atoms with Crippen LogP contribution in [0.25, 0.3) is 16.9 Å². The van der Waals surface area contributed by atoms with Gasteiger partial charge in [-0.1, -0.05) is 48.0 Å². The molecule has 1 aromatic heterocycles. The minimum absolute atomic E-state index is 0.120. The van der Waals surface area contributed by atoms with E-state index in [1.54, 1.807) is 22.9 Å². The van der Waals surface area contributed by atoms with Crippen molar-refractivity contribution in [2.45, 2.75) is 26.8 Å². The number of carbonyl (C=O) groups excluding carboxylic acids is 2. The van der Waals surface area contributed by atoms with E-state index in [0.717, 1.165) is 22.5 Å². The number of nitrogens with zero attached hydrogens (tertiary/aromatic N) is 3. The van der Waals surface area contributed by atoms with Gasteiger partial charge in [0.2, 0.25) is 12.7 Å². The topological polar surface area (TPSA) is 85.7 Å². The SMILES string of the molecule is Cc1ccc(-n2nc(-c3ccccc3)cc2NC(=O)CN(C(=O)c2ccc3c(c2)OCO3)C(C)C)cc1. The van der Waals surface area contributed by atoms with Crippen LogP contribution in [0.1, 0.15) is 29.8 Å². The quantitative estimate of drug-likeness (QED) is 0.386. The van der Waals surface area contributed by atoms with Crippen LogP contribution >= 0.6 is 0 Å². The van der Waals surface area contributed by atoms with E-state index < -0.39 is 0 Å². The maximum atomic E-state index is 13.3. The molecule has 0 bridgehead atoms. The van der Waals surface area contributed by atoms with Crippen molar-refractivity contribution in [2.24, 2.45) is 0 Å². The average molecular weight is 497 g/mol. The zero-order chi connectivity index (χ0) is 25.9. The van der Waals surface area contributed by atoms with Gasteiger partial charge in [-0.15, -0.1) is 0 Å². The normalized spacial score (nSPS) is 12.0. The van der Waals surface area contributed by atoms with E-state index in [4.69, 9.17) is 14.6 Å². The monoisotopic (exact) mass is 496 g/mol. The molecule has 0 radical (unpaired) electrons. The largest absolute Gasteiger partial charge is 0.454 e. The molecule has 1 N–H and O–H groups in total. The van der Waals surface area contributed by atoms with Crippen molar-refractivity contribution in [2.75, 3.05) is 18.7 Å². The summed E-state index contributed by atoms with van der Waals surface area (Å²) in [6.07, 6.45) is 0. The third-order valence-corrected chi connectivity index (χ3v) is 6.14. The van der Waals surface area contributed by atoms with Crippen LogP contribution in [-0.2, 0) is 4.79 Å². The summed E-state index contributed by atoms with van der Waals surface area (Å²) < 4.78 is 12.5. The standard InChI is InChI=1S/C29H28N4O4/c1-19(2)32(29(35)22-11-14-25-26(15-22)37-18-36-25)17-28(34)30-27-16-24(21-7-5-4-6-8-21)31-33(27)23-12-9-20(3)10-13-23/h4-16,19H,17-18H2,1-3H3,(H,30,34). The predicted octanol–water partition coefficient (Wildman–Crippen LogP) is 5.07. The molecule has 188 valence electrons. The molecule has 3 aromatic carbocycles. The average Bonchev–Trinajstić information content (AvgIpc) is 3.54. The van der Waals surface area contributed by atoms with Crippen molar-refractivity contribution < 1.29 is 19.1 Å². The van der Waals surface area contributed by atoms with Crippen LogP contribution in [0.4, 0.5) is 5.82 Å². The van der Waals surface area contributed by atoms with E-state index in [9.17, 15) is 9.59 Å². The number of benzene rings is 3. The first-order chi connectivity index (χ1) is 17.9. The fraction of sp³-hybridized carbons (Fsp3) is 0.207. The zero-order valence-corrected chi connectivity index (χ0v) is 21.0. The number of amides is 2.